The Kier molecular flexibility index (Phi) is 7.91. The zero-order valence-electron chi connectivity index (χ0n) is 20.8. The van der Waals surface area contributed by atoms with Gasteiger partial charge in [-0.1, -0.05) is 40.7 Å². The van der Waals surface area contributed by atoms with Gasteiger partial charge in [-0.15, -0.1) is 0 Å². The molecule has 2 amide bonds. The van der Waals surface area contributed by atoms with E-state index in [4.69, 9.17) is 0 Å². The first-order valence-corrected chi connectivity index (χ1v) is 12.5. The van der Waals surface area contributed by atoms with Gasteiger partial charge in [-0.2, -0.15) is 0 Å². The van der Waals surface area contributed by atoms with Crippen molar-refractivity contribution in [3.05, 3.63) is 41.6 Å². The molecule has 2 unspecified atom stereocenters. The van der Waals surface area contributed by atoms with Crippen molar-refractivity contribution in [2.45, 2.75) is 78.2 Å². The normalized spacial score (nSPS) is 25.3. The van der Waals surface area contributed by atoms with Gasteiger partial charge in [-0.25, -0.2) is 0 Å². The molecule has 0 saturated carbocycles. The molecule has 180 valence electrons. The van der Waals surface area contributed by atoms with Gasteiger partial charge in [0.25, 0.3) is 0 Å². The molecule has 0 radical (unpaired) electrons. The topological polar surface area (TPSA) is 82.5 Å². The van der Waals surface area contributed by atoms with E-state index in [0.717, 1.165) is 54.5 Å². The molecule has 6 nitrogen and oxygen atoms in total. The van der Waals surface area contributed by atoms with Crippen LogP contribution in [0.3, 0.4) is 0 Å². The highest BCUT2D eigenvalue weighted by atomic mass is 16.3. The fourth-order valence-corrected chi connectivity index (χ4v) is 5.61. The average molecular weight is 454 g/mol. The molecule has 2 aliphatic heterocycles. The quantitative estimate of drug-likeness (QED) is 0.652. The van der Waals surface area contributed by atoms with Gasteiger partial charge >= 0.3 is 0 Å². The second-order valence-corrected chi connectivity index (χ2v) is 9.15. The summed E-state index contributed by atoms with van der Waals surface area (Å²) in [6.07, 6.45) is 5.10. The number of hydrogen-bond acceptors (Lipinski definition) is 5. The van der Waals surface area contributed by atoms with Crippen LogP contribution in [0.15, 0.2) is 30.5 Å². The molecular weight excluding hydrogens is 414 g/mol. The second-order valence-electron chi connectivity index (χ2n) is 9.15. The number of rotatable bonds is 5. The summed E-state index contributed by atoms with van der Waals surface area (Å²) in [5.74, 6) is -0.831. The lowest BCUT2D eigenvalue weighted by Crippen LogP contribution is -2.57. The predicted octanol–water partition coefficient (Wildman–Crippen LogP) is 4.50. The number of benzene rings is 1. The van der Waals surface area contributed by atoms with Gasteiger partial charge in [0.05, 0.1) is 17.0 Å². The minimum Gasteiger partial charge on any atom is -0.384 e. The summed E-state index contributed by atoms with van der Waals surface area (Å²) in [7, 11) is 0. The Hall–Kier alpha value is -2.31. The lowest BCUT2D eigenvalue weighted by atomic mass is 9.61. The molecule has 33 heavy (non-hydrogen) atoms. The maximum absolute atomic E-state index is 12.3. The van der Waals surface area contributed by atoms with E-state index in [2.05, 4.69) is 42.0 Å². The second kappa shape index (κ2) is 10.3. The smallest absolute Gasteiger partial charge is 0.234 e. The van der Waals surface area contributed by atoms with Crippen molar-refractivity contribution in [1.82, 2.24) is 15.2 Å². The SMILES string of the molecule is CC.CCN1CCC(O)(c2ccc3ncc(C4CCC(=O)NC4=O)cc3c2)C(CC)(CC)C1. The number of imide groups is 1. The molecule has 0 spiro atoms. The van der Waals surface area contributed by atoms with Gasteiger partial charge in [0.1, 0.15) is 0 Å². The molecule has 0 aliphatic carbocycles. The number of piperidine rings is 2. The Bertz CT molecular complexity index is 1000. The van der Waals surface area contributed by atoms with Gasteiger partial charge in [0.15, 0.2) is 0 Å². The monoisotopic (exact) mass is 453 g/mol. The van der Waals surface area contributed by atoms with E-state index < -0.39 is 5.60 Å². The summed E-state index contributed by atoms with van der Waals surface area (Å²) in [6, 6.07) is 8.04. The lowest BCUT2D eigenvalue weighted by molar-refractivity contribution is -0.146. The number of amides is 2. The number of pyridine rings is 1. The van der Waals surface area contributed by atoms with Crippen LogP contribution in [0, 0.1) is 5.41 Å². The molecule has 3 heterocycles. The molecule has 2 saturated heterocycles. The zero-order valence-corrected chi connectivity index (χ0v) is 20.8. The number of likely N-dealkylation sites (tertiary alicyclic amines) is 1. The van der Waals surface area contributed by atoms with Crippen molar-refractivity contribution < 1.29 is 14.7 Å². The summed E-state index contributed by atoms with van der Waals surface area (Å²) in [6.45, 7) is 13.3. The van der Waals surface area contributed by atoms with E-state index in [1.165, 1.54) is 0 Å². The van der Waals surface area contributed by atoms with Crippen molar-refractivity contribution in [3.8, 4) is 0 Å². The van der Waals surface area contributed by atoms with Gasteiger partial charge < -0.3 is 10.0 Å². The highest BCUT2D eigenvalue weighted by Crippen LogP contribution is 2.51. The van der Waals surface area contributed by atoms with Crippen LogP contribution >= 0.6 is 0 Å². The molecule has 1 aromatic carbocycles. The fourth-order valence-electron chi connectivity index (χ4n) is 5.61. The van der Waals surface area contributed by atoms with Crippen LogP contribution in [-0.2, 0) is 15.2 Å². The summed E-state index contributed by atoms with van der Waals surface area (Å²) < 4.78 is 0. The first kappa shape index (κ1) is 25.3. The largest absolute Gasteiger partial charge is 0.384 e. The number of nitrogens with one attached hydrogen (secondary N) is 1. The average Bonchev–Trinajstić information content (AvgIpc) is 2.85. The summed E-state index contributed by atoms with van der Waals surface area (Å²) >= 11 is 0. The molecule has 4 rings (SSSR count). The molecule has 6 heteroatoms. The maximum Gasteiger partial charge on any atom is 0.234 e. The molecule has 2 N–H and O–H groups in total. The first-order chi connectivity index (χ1) is 15.9. The van der Waals surface area contributed by atoms with E-state index >= 15 is 0 Å². The molecule has 2 aromatic rings. The van der Waals surface area contributed by atoms with E-state index in [1.807, 2.05) is 32.0 Å². The minimum absolute atomic E-state index is 0.205. The van der Waals surface area contributed by atoms with E-state index in [1.54, 1.807) is 6.20 Å². The Balaban J connectivity index is 0.00000149. The van der Waals surface area contributed by atoms with Gasteiger partial charge in [0.2, 0.25) is 11.8 Å². The predicted molar refractivity (Wildman–Crippen MR) is 132 cm³/mol. The van der Waals surface area contributed by atoms with Crippen LogP contribution in [0.25, 0.3) is 10.9 Å². The molecule has 2 atom stereocenters. The van der Waals surface area contributed by atoms with Crippen LogP contribution in [0.1, 0.15) is 83.8 Å². The van der Waals surface area contributed by atoms with Crippen molar-refractivity contribution in [2.75, 3.05) is 19.6 Å². The molecule has 2 aliphatic rings. The van der Waals surface area contributed by atoms with Crippen LogP contribution in [0.2, 0.25) is 0 Å². The third kappa shape index (κ3) is 4.56. The number of carbonyl (C=O) groups is 2. The Morgan fingerprint density at radius 2 is 1.88 bits per heavy atom. The van der Waals surface area contributed by atoms with Crippen molar-refractivity contribution >= 4 is 22.7 Å². The lowest BCUT2D eigenvalue weighted by Gasteiger charge is -2.53. The Labute approximate surface area is 197 Å². The highest BCUT2D eigenvalue weighted by Gasteiger charge is 2.52. The van der Waals surface area contributed by atoms with Gasteiger partial charge in [0, 0.05) is 36.5 Å². The number of carbonyl (C=O) groups excluding carboxylic acids is 2. The fraction of sp³-hybridized carbons (Fsp3) is 0.593. The van der Waals surface area contributed by atoms with Crippen molar-refractivity contribution in [3.63, 3.8) is 0 Å². The number of nitrogens with zero attached hydrogens (tertiary/aromatic N) is 2. The molecule has 2 fully saturated rings. The maximum atomic E-state index is 12.3. The van der Waals surface area contributed by atoms with Crippen LogP contribution in [0.5, 0.6) is 0 Å². The van der Waals surface area contributed by atoms with Crippen molar-refractivity contribution in [1.29, 1.82) is 0 Å². The first-order valence-electron chi connectivity index (χ1n) is 12.5. The molecule has 0 bridgehead atoms. The third-order valence-electron chi connectivity index (χ3n) is 7.82. The third-order valence-corrected chi connectivity index (χ3v) is 7.82. The van der Waals surface area contributed by atoms with Crippen molar-refractivity contribution in [2.24, 2.45) is 5.41 Å². The number of aromatic nitrogens is 1. The van der Waals surface area contributed by atoms with Gasteiger partial charge in [-0.3, -0.25) is 19.9 Å². The standard InChI is InChI=1S/C25H33N3O3.C2H6/c1-4-24(5-2)16-28(6-3)12-11-25(24,31)19-7-9-21-17(14-19)13-18(15-26-21)20-8-10-22(29)27-23(20)30;1-2/h7,9,13-15,20,31H,4-6,8,10-12,16H2,1-3H3,(H,27,29,30);1-2H3. The number of hydrogen-bond donors (Lipinski definition) is 2. The number of aliphatic hydroxyl groups is 1. The van der Waals surface area contributed by atoms with E-state index in [-0.39, 0.29) is 23.1 Å². The summed E-state index contributed by atoms with van der Waals surface area (Å²) in [4.78, 5) is 30.8. The summed E-state index contributed by atoms with van der Waals surface area (Å²) in [5, 5.41) is 15.4. The highest BCUT2D eigenvalue weighted by molar-refractivity contribution is 6.01. The Morgan fingerprint density at radius 3 is 2.52 bits per heavy atom. The minimum atomic E-state index is -0.902. The van der Waals surface area contributed by atoms with Crippen LogP contribution in [0.4, 0.5) is 0 Å². The molecule has 1 aromatic heterocycles. The number of fused-ring (bicyclic) bond motifs is 1. The van der Waals surface area contributed by atoms with Gasteiger partial charge in [-0.05, 0) is 61.6 Å². The van der Waals surface area contributed by atoms with E-state index in [9.17, 15) is 14.7 Å². The molecular formula is C27H39N3O3. The Morgan fingerprint density at radius 1 is 1.15 bits per heavy atom. The van der Waals surface area contributed by atoms with Crippen LogP contribution < -0.4 is 5.32 Å². The van der Waals surface area contributed by atoms with Crippen LogP contribution in [-0.4, -0.2) is 46.4 Å². The zero-order chi connectivity index (χ0) is 24.2. The van der Waals surface area contributed by atoms with E-state index in [0.29, 0.717) is 19.3 Å². The summed E-state index contributed by atoms with van der Waals surface area (Å²) in [5.41, 5.74) is 1.49.